The molecule has 1 aromatic carbocycles. The molecule has 0 spiro atoms. The zero-order valence-corrected chi connectivity index (χ0v) is 14.5. The van der Waals surface area contributed by atoms with Gasteiger partial charge in [0.2, 0.25) is 5.95 Å². The zero-order chi connectivity index (χ0) is 17.8. The van der Waals surface area contributed by atoms with E-state index < -0.39 is 0 Å². The van der Waals surface area contributed by atoms with E-state index in [9.17, 15) is 5.11 Å². The Hall–Kier alpha value is -2.72. The number of aromatic nitrogens is 3. The van der Waals surface area contributed by atoms with Gasteiger partial charge in [-0.2, -0.15) is 5.26 Å². The van der Waals surface area contributed by atoms with Crippen molar-refractivity contribution in [3.63, 3.8) is 0 Å². The van der Waals surface area contributed by atoms with E-state index in [0.717, 1.165) is 32.5 Å². The molecule has 0 saturated carbocycles. The molecule has 1 saturated heterocycles. The predicted octanol–water partition coefficient (Wildman–Crippen LogP) is 2.32. The van der Waals surface area contributed by atoms with Gasteiger partial charge in [0.05, 0.1) is 17.3 Å². The van der Waals surface area contributed by atoms with E-state index in [1.54, 1.807) is 12.1 Å². The molecule has 25 heavy (non-hydrogen) atoms. The van der Waals surface area contributed by atoms with Crippen molar-refractivity contribution in [3.8, 4) is 23.1 Å². The van der Waals surface area contributed by atoms with Crippen LogP contribution < -0.4 is 5.32 Å². The number of hydrogen-bond acceptors (Lipinski definition) is 7. The highest BCUT2D eigenvalue weighted by atomic mass is 16.3. The maximum Gasteiger partial charge on any atom is 0.243 e. The van der Waals surface area contributed by atoms with Crippen molar-refractivity contribution in [2.75, 3.05) is 25.0 Å². The molecule has 2 N–H and O–H groups in total. The fourth-order valence-electron chi connectivity index (χ4n) is 3.16. The first kappa shape index (κ1) is 17.1. The van der Waals surface area contributed by atoms with E-state index in [2.05, 4.69) is 32.3 Å². The molecule has 1 aromatic heterocycles. The minimum absolute atomic E-state index is 0.00447. The lowest BCUT2D eigenvalue weighted by atomic mass is 10.1. The van der Waals surface area contributed by atoms with Crippen molar-refractivity contribution < 1.29 is 5.11 Å². The lowest BCUT2D eigenvalue weighted by Gasteiger charge is -2.32. The zero-order valence-electron chi connectivity index (χ0n) is 14.5. The number of aromatic hydroxyl groups is 1. The summed E-state index contributed by atoms with van der Waals surface area (Å²) >= 11 is 0. The molecular formula is C18H22N6O. The van der Waals surface area contributed by atoms with Crippen LogP contribution in [-0.4, -0.2) is 50.9 Å². The summed E-state index contributed by atoms with van der Waals surface area (Å²) in [7, 11) is 0. The maximum atomic E-state index is 10.1. The molecule has 1 aliphatic rings. The van der Waals surface area contributed by atoms with E-state index in [-0.39, 0.29) is 5.75 Å². The Morgan fingerprint density at radius 2 is 2.24 bits per heavy atom. The molecule has 1 fully saturated rings. The van der Waals surface area contributed by atoms with Crippen LogP contribution in [0.3, 0.4) is 0 Å². The first-order valence-corrected chi connectivity index (χ1v) is 8.54. The van der Waals surface area contributed by atoms with Crippen LogP contribution in [-0.2, 0) is 0 Å². The van der Waals surface area contributed by atoms with Crippen molar-refractivity contribution in [2.45, 2.75) is 32.7 Å². The van der Waals surface area contributed by atoms with E-state index in [1.807, 2.05) is 13.0 Å². The molecule has 7 heteroatoms. The molecule has 0 bridgehead atoms. The number of rotatable bonds is 4. The fourth-order valence-corrected chi connectivity index (χ4v) is 3.16. The number of nitrogens with one attached hydrogen (secondary N) is 1. The Bertz CT molecular complexity index is 801. The van der Waals surface area contributed by atoms with Crippen LogP contribution in [0.25, 0.3) is 11.3 Å². The van der Waals surface area contributed by atoms with Gasteiger partial charge in [0.1, 0.15) is 11.4 Å². The normalized spacial score (nSPS) is 17.9. The third-order valence-electron chi connectivity index (χ3n) is 4.53. The first-order valence-electron chi connectivity index (χ1n) is 8.54. The van der Waals surface area contributed by atoms with Gasteiger partial charge in [-0.15, -0.1) is 10.2 Å². The minimum atomic E-state index is 0.00447. The second-order valence-electron chi connectivity index (χ2n) is 6.29. The Balaban J connectivity index is 1.78. The molecule has 1 aliphatic heterocycles. The average molecular weight is 338 g/mol. The summed E-state index contributed by atoms with van der Waals surface area (Å²) in [6.07, 6.45) is 2.26. The van der Waals surface area contributed by atoms with Crippen molar-refractivity contribution in [1.29, 1.82) is 5.26 Å². The van der Waals surface area contributed by atoms with Gasteiger partial charge >= 0.3 is 0 Å². The molecule has 0 amide bonds. The highest BCUT2D eigenvalue weighted by Crippen LogP contribution is 2.30. The third kappa shape index (κ3) is 3.86. The maximum absolute atomic E-state index is 10.1. The van der Waals surface area contributed by atoms with Crippen molar-refractivity contribution in [3.05, 3.63) is 29.5 Å². The molecule has 0 aliphatic carbocycles. The Labute approximate surface area is 147 Å². The number of phenolic OH excluding ortho intramolecular Hbond substituents is 1. The molecule has 0 unspecified atom stereocenters. The Morgan fingerprint density at radius 1 is 1.40 bits per heavy atom. The molecule has 3 rings (SSSR count). The monoisotopic (exact) mass is 338 g/mol. The number of likely N-dealkylation sites (N-methyl/N-ethyl adjacent to an activating group) is 1. The quantitative estimate of drug-likeness (QED) is 0.882. The van der Waals surface area contributed by atoms with Gasteiger partial charge in [0, 0.05) is 18.2 Å². The van der Waals surface area contributed by atoms with Crippen LogP contribution in [0.4, 0.5) is 5.95 Å². The van der Waals surface area contributed by atoms with Crippen LogP contribution in [0.15, 0.2) is 18.2 Å². The summed E-state index contributed by atoms with van der Waals surface area (Å²) in [4.78, 5) is 6.91. The lowest BCUT2D eigenvalue weighted by Crippen LogP contribution is -2.42. The summed E-state index contributed by atoms with van der Waals surface area (Å²) in [5.74, 6) is 0.516. The van der Waals surface area contributed by atoms with E-state index in [4.69, 9.17) is 5.26 Å². The van der Waals surface area contributed by atoms with Gasteiger partial charge in [0.25, 0.3) is 0 Å². The largest absolute Gasteiger partial charge is 0.507 e. The highest BCUT2D eigenvalue weighted by Gasteiger charge is 2.20. The van der Waals surface area contributed by atoms with E-state index in [1.165, 1.54) is 6.07 Å². The number of benzene rings is 1. The standard InChI is InChI=1S/C18H22N6O/c1-3-24-8-4-5-14(11-24)21-18-20-12(2)17(22-23-18)15-7-6-13(10-19)9-16(15)25/h6-7,9,14,25H,3-5,8,11H2,1-2H3,(H,20,21,23)/t14-/m1/s1. The van der Waals surface area contributed by atoms with Gasteiger partial charge in [-0.3, -0.25) is 0 Å². The number of likely N-dealkylation sites (tertiary alicyclic amines) is 1. The summed E-state index contributed by atoms with van der Waals surface area (Å²) in [6, 6.07) is 7.05. The third-order valence-corrected chi connectivity index (χ3v) is 4.53. The molecule has 0 radical (unpaired) electrons. The van der Waals surface area contributed by atoms with Crippen LogP contribution in [0.2, 0.25) is 0 Å². The molecule has 2 aromatic rings. The van der Waals surface area contributed by atoms with Gasteiger partial charge in [-0.25, -0.2) is 4.98 Å². The van der Waals surface area contributed by atoms with Gasteiger partial charge in [-0.1, -0.05) is 6.92 Å². The number of hydrogen-bond donors (Lipinski definition) is 2. The van der Waals surface area contributed by atoms with Crippen molar-refractivity contribution in [2.24, 2.45) is 0 Å². The second kappa shape index (κ2) is 7.45. The van der Waals surface area contributed by atoms with Crippen LogP contribution in [0, 0.1) is 18.3 Å². The number of anilines is 1. The number of aryl methyl sites for hydroxylation is 1. The summed E-state index contributed by atoms with van der Waals surface area (Å²) in [6.45, 7) is 7.18. The average Bonchev–Trinajstić information content (AvgIpc) is 2.62. The Kier molecular flexibility index (Phi) is 5.10. The summed E-state index contributed by atoms with van der Waals surface area (Å²) < 4.78 is 0. The second-order valence-corrected chi connectivity index (χ2v) is 6.29. The molecule has 7 nitrogen and oxygen atoms in total. The van der Waals surface area contributed by atoms with Crippen LogP contribution in [0.1, 0.15) is 31.0 Å². The molecule has 130 valence electrons. The number of nitriles is 1. The van der Waals surface area contributed by atoms with Crippen molar-refractivity contribution in [1.82, 2.24) is 20.1 Å². The lowest BCUT2D eigenvalue weighted by molar-refractivity contribution is 0.226. The molecule has 1 atom stereocenters. The minimum Gasteiger partial charge on any atom is -0.507 e. The first-order chi connectivity index (χ1) is 12.1. The number of phenols is 1. The van der Waals surface area contributed by atoms with E-state index in [0.29, 0.717) is 34.5 Å². The smallest absolute Gasteiger partial charge is 0.243 e. The number of nitrogens with zero attached hydrogens (tertiary/aromatic N) is 5. The van der Waals surface area contributed by atoms with Crippen LogP contribution >= 0.6 is 0 Å². The summed E-state index contributed by atoms with van der Waals surface area (Å²) in [5.41, 5.74) is 2.13. The molecule has 2 heterocycles. The SMILES string of the molecule is CCN1CCC[C@@H](Nc2nnc(-c3ccc(C#N)cc3O)c(C)n2)C1. The Morgan fingerprint density at radius 3 is 2.92 bits per heavy atom. The summed E-state index contributed by atoms with van der Waals surface area (Å²) in [5, 5.41) is 30.8. The van der Waals surface area contributed by atoms with Gasteiger partial charge in [-0.05, 0) is 51.1 Å². The van der Waals surface area contributed by atoms with Gasteiger partial charge in [0.15, 0.2) is 0 Å². The van der Waals surface area contributed by atoms with Crippen molar-refractivity contribution >= 4 is 5.95 Å². The van der Waals surface area contributed by atoms with Crippen LogP contribution in [0.5, 0.6) is 5.75 Å². The molecular weight excluding hydrogens is 316 g/mol. The highest BCUT2D eigenvalue weighted by molar-refractivity contribution is 5.69. The topological polar surface area (TPSA) is 98.0 Å². The number of piperidine rings is 1. The van der Waals surface area contributed by atoms with E-state index >= 15 is 0 Å². The predicted molar refractivity (Wildman–Crippen MR) is 95.1 cm³/mol. The van der Waals surface area contributed by atoms with Gasteiger partial charge < -0.3 is 15.3 Å². The fraction of sp³-hybridized carbons (Fsp3) is 0.444.